The van der Waals surface area contributed by atoms with Gasteiger partial charge in [0.05, 0.1) is 18.3 Å². The van der Waals surface area contributed by atoms with Gasteiger partial charge in [-0.25, -0.2) is 0 Å². The highest BCUT2D eigenvalue weighted by molar-refractivity contribution is 5.92. The van der Waals surface area contributed by atoms with Crippen LogP contribution in [-0.2, 0) is 9.47 Å². The van der Waals surface area contributed by atoms with Crippen molar-refractivity contribution in [3.8, 4) is 0 Å². The highest BCUT2D eigenvalue weighted by Crippen LogP contribution is 2.51. The lowest BCUT2D eigenvalue weighted by molar-refractivity contribution is -0.107. The fourth-order valence-electron chi connectivity index (χ4n) is 7.38. The zero-order valence-electron chi connectivity index (χ0n) is 21.6. The van der Waals surface area contributed by atoms with Crippen LogP contribution in [0.15, 0.2) is 41.5 Å². The molecule has 3 aliphatic carbocycles. The molecule has 4 atom stereocenters. The van der Waals surface area contributed by atoms with Gasteiger partial charge in [0, 0.05) is 30.0 Å². The van der Waals surface area contributed by atoms with E-state index in [4.69, 9.17) is 14.5 Å². The van der Waals surface area contributed by atoms with Crippen molar-refractivity contribution in [3.05, 3.63) is 47.7 Å². The summed E-state index contributed by atoms with van der Waals surface area (Å²) in [4.78, 5) is 5.02. The van der Waals surface area contributed by atoms with Crippen LogP contribution in [0.25, 0.3) is 0 Å². The van der Waals surface area contributed by atoms with Crippen molar-refractivity contribution in [2.45, 2.75) is 102 Å². The maximum Gasteiger partial charge on any atom is 0.0829 e. The highest BCUT2D eigenvalue weighted by atomic mass is 16.5. The van der Waals surface area contributed by atoms with Gasteiger partial charge in [0.25, 0.3) is 0 Å². The van der Waals surface area contributed by atoms with E-state index in [9.17, 15) is 0 Å². The molecule has 0 bridgehead atoms. The van der Waals surface area contributed by atoms with Gasteiger partial charge in [-0.15, -0.1) is 0 Å². The van der Waals surface area contributed by atoms with Crippen LogP contribution in [-0.4, -0.2) is 31.1 Å². The van der Waals surface area contributed by atoms with Crippen LogP contribution in [0.1, 0.15) is 107 Å². The molecular weight excluding hydrogens is 432 g/mol. The third-order valence-corrected chi connectivity index (χ3v) is 9.60. The summed E-state index contributed by atoms with van der Waals surface area (Å²) in [6, 6.07) is 9.44. The fourth-order valence-corrected chi connectivity index (χ4v) is 7.38. The third kappa shape index (κ3) is 5.17. The number of benzene rings is 1. The Morgan fingerprint density at radius 3 is 2.69 bits per heavy atom. The van der Waals surface area contributed by atoms with E-state index in [1.807, 2.05) is 0 Å². The number of aliphatic imine (C=N–C) groups is 1. The second kappa shape index (κ2) is 10.1. The molecular formula is C31H44N2O2. The van der Waals surface area contributed by atoms with Crippen LogP contribution in [0.3, 0.4) is 0 Å². The smallest absolute Gasteiger partial charge is 0.0829 e. The van der Waals surface area contributed by atoms with Crippen LogP contribution in [0.4, 0.5) is 0 Å². The molecule has 0 radical (unpaired) electrons. The molecule has 6 rings (SSSR count). The van der Waals surface area contributed by atoms with E-state index in [0.717, 1.165) is 57.8 Å². The summed E-state index contributed by atoms with van der Waals surface area (Å²) in [5.74, 6) is 1.41. The summed E-state index contributed by atoms with van der Waals surface area (Å²) >= 11 is 0. The number of fused-ring (bicyclic) bond motifs is 1. The van der Waals surface area contributed by atoms with Gasteiger partial charge in [-0.1, -0.05) is 50.1 Å². The Morgan fingerprint density at radius 1 is 1.06 bits per heavy atom. The van der Waals surface area contributed by atoms with Crippen LogP contribution in [0.2, 0.25) is 0 Å². The molecule has 1 spiro atoms. The van der Waals surface area contributed by atoms with E-state index in [1.54, 1.807) is 0 Å². The van der Waals surface area contributed by atoms with Crippen LogP contribution in [0.5, 0.6) is 0 Å². The van der Waals surface area contributed by atoms with Crippen molar-refractivity contribution in [2.24, 2.45) is 22.2 Å². The maximum absolute atomic E-state index is 6.49. The summed E-state index contributed by atoms with van der Waals surface area (Å²) in [7, 11) is 0. The number of allylic oxidation sites excluding steroid dienone is 1. The Morgan fingerprint density at radius 2 is 1.89 bits per heavy atom. The predicted molar refractivity (Wildman–Crippen MR) is 142 cm³/mol. The van der Waals surface area contributed by atoms with Crippen LogP contribution < -0.4 is 5.32 Å². The number of hydrogen-bond acceptors (Lipinski definition) is 4. The van der Waals surface area contributed by atoms with Gasteiger partial charge in [-0.2, -0.15) is 0 Å². The molecule has 4 nitrogen and oxygen atoms in total. The molecule has 2 saturated carbocycles. The Bertz CT molecular complexity index is 945. The average molecular weight is 477 g/mol. The van der Waals surface area contributed by atoms with Gasteiger partial charge in [-0.3, -0.25) is 4.99 Å². The fraction of sp³-hybridized carbons (Fsp3) is 0.710. The van der Waals surface area contributed by atoms with Gasteiger partial charge in [0.2, 0.25) is 0 Å². The molecule has 1 N–H and O–H groups in total. The summed E-state index contributed by atoms with van der Waals surface area (Å²) in [6.07, 6.45) is 19.3. The second-order valence-electron chi connectivity index (χ2n) is 12.3. The van der Waals surface area contributed by atoms with E-state index in [2.05, 4.69) is 48.8 Å². The summed E-state index contributed by atoms with van der Waals surface area (Å²) < 4.78 is 12.9. The number of nitrogens with zero attached hydrogens (tertiary/aromatic N) is 1. The minimum Gasteiger partial charge on any atom is -0.375 e. The Kier molecular flexibility index (Phi) is 6.90. The molecule has 1 saturated heterocycles. The van der Waals surface area contributed by atoms with Gasteiger partial charge >= 0.3 is 0 Å². The normalized spacial score (nSPS) is 34.1. The summed E-state index contributed by atoms with van der Waals surface area (Å²) in [6.45, 7) is 5.21. The van der Waals surface area contributed by atoms with Crippen molar-refractivity contribution in [1.29, 1.82) is 0 Å². The largest absolute Gasteiger partial charge is 0.375 e. The van der Waals surface area contributed by atoms with Crippen molar-refractivity contribution in [3.63, 3.8) is 0 Å². The molecule has 0 aromatic heterocycles. The standard InChI is InChI=1S/C31H44N2O2/c1-23-12-17-33-29(20-23)30(16-19-35-31(22-30)13-4-5-14-31)15-18-32-27-10-11-28(34-21-24-8-9-24)26-7-3-2-6-25(26)27/h2-3,6-7,12,17,23-24,27-28,32H,4-5,8-11,13-16,18-22H2,1H3/t23?,27-,28-,30+/m0/s1. The van der Waals surface area contributed by atoms with E-state index in [0.29, 0.717) is 12.0 Å². The lowest BCUT2D eigenvalue weighted by Crippen LogP contribution is -2.49. The quantitative estimate of drug-likeness (QED) is 0.436. The second-order valence-corrected chi connectivity index (χ2v) is 12.3. The molecule has 1 aromatic rings. The minimum absolute atomic E-state index is 0.106. The molecule has 2 heterocycles. The molecule has 35 heavy (non-hydrogen) atoms. The molecule has 2 aliphatic heterocycles. The van der Waals surface area contributed by atoms with Gasteiger partial charge in [0.15, 0.2) is 0 Å². The molecule has 190 valence electrons. The minimum atomic E-state index is 0.106. The topological polar surface area (TPSA) is 42.9 Å². The third-order valence-electron chi connectivity index (χ3n) is 9.60. The first-order chi connectivity index (χ1) is 17.1. The zero-order chi connectivity index (χ0) is 23.7. The van der Waals surface area contributed by atoms with Gasteiger partial charge in [0.1, 0.15) is 0 Å². The number of nitrogens with one attached hydrogen (secondary N) is 1. The average Bonchev–Trinajstić information content (AvgIpc) is 3.61. The summed E-state index contributed by atoms with van der Waals surface area (Å²) in [5.41, 5.74) is 4.60. The number of ether oxygens (including phenoxy) is 2. The first kappa shape index (κ1) is 23.9. The Balaban J connectivity index is 1.16. The Hall–Kier alpha value is -1.49. The Labute approximate surface area is 212 Å². The van der Waals surface area contributed by atoms with Gasteiger partial charge in [-0.05, 0) is 93.7 Å². The van der Waals surface area contributed by atoms with Crippen LogP contribution >= 0.6 is 0 Å². The van der Waals surface area contributed by atoms with Crippen molar-refractivity contribution < 1.29 is 9.47 Å². The maximum atomic E-state index is 6.49. The summed E-state index contributed by atoms with van der Waals surface area (Å²) in [5, 5.41) is 4.01. The van der Waals surface area contributed by atoms with E-state index in [1.165, 1.54) is 61.8 Å². The lowest BCUT2D eigenvalue weighted by atomic mass is 9.65. The van der Waals surface area contributed by atoms with E-state index in [-0.39, 0.29) is 17.1 Å². The number of hydrogen-bond donors (Lipinski definition) is 1. The molecule has 1 unspecified atom stereocenters. The molecule has 4 heteroatoms. The zero-order valence-corrected chi connectivity index (χ0v) is 21.6. The van der Waals surface area contributed by atoms with Gasteiger partial charge < -0.3 is 14.8 Å². The lowest BCUT2D eigenvalue weighted by Gasteiger charge is -2.48. The molecule has 1 aromatic carbocycles. The molecule has 5 aliphatic rings. The highest BCUT2D eigenvalue weighted by Gasteiger charge is 2.49. The van der Waals surface area contributed by atoms with Crippen LogP contribution in [0, 0.1) is 17.3 Å². The predicted octanol–water partition coefficient (Wildman–Crippen LogP) is 7.07. The monoisotopic (exact) mass is 476 g/mol. The van der Waals surface area contributed by atoms with Crippen molar-refractivity contribution >= 4 is 5.71 Å². The van der Waals surface area contributed by atoms with E-state index >= 15 is 0 Å². The number of rotatable bonds is 8. The van der Waals surface area contributed by atoms with Crippen molar-refractivity contribution in [2.75, 3.05) is 19.8 Å². The van der Waals surface area contributed by atoms with Crippen molar-refractivity contribution in [1.82, 2.24) is 5.32 Å². The first-order valence-corrected chi connectivity index (χ1v) is 14.5. The first-order valence-electron chi connectivity index (χ1n) is 14.5. The SMILES string of the molecule is CC1C=CN=C([C@]2(CCN[C@H]3CC[C@H](OCC4CC4)c4ccccc43)CCOC3(CCCC3)C2)C1. The van der Waals surface area contributed by atoms with E-state index < -0.39 is 0 Å². The molecule has 0 amide bonds. The molecule has 3 fully saturated rings.